The molecule has 1 saturated carbocycles. The van der Waals surface area contributed by atoms with Gasteiger partial charge < -0.3 is 10.2 Å². The van der Waals surface area contributed by atoms with Gasteiger partial charge in [0.25, 0.3) is 0 Å². The summed E-state index contributed by atoms with van der Waals surface area (Å²) in [6.45, 7) is 1.93. The molecule has 0 atom stereocenters. The molecule has 2 rings (SSSR count). The lowest BCUT2D eigenvalue weighted by Gasteiger charge is -2.32. The van der Waals surface area contributed by atoms with E-state index in [0.29, 0.717) is 16.9 Å². The van der Waals surface area contributed by atoms with Gasteiger partial charge in [-0.3, -0.25) is 0 Å². The molecular formula is C14H21N5. The van der Waals surface area contributed by atoms with E-state index in [1.54, 1.807) is 12.4 Å². The van der Waals surface area contributed by atoms with E-state index in [4.69, 9.17) is 5.26 Å². The van der Waals surface area contributed by atoms with Crippen molar-refractivity contribution in [3.63, 3.8) is 0 Å². The second kappa shape index (κ2) is 5.98. The van der Waals surface area contributed by atoms with Gasteiger partial charge in [0.1, 0.15) is 6.07 Å². The SMILES string of the molecule is CN(C)CC1(CNc2nccnc2C#N)CCCC1. The Hall–Kier alpha value is -1.67. The molecule has 1 aliphatic carbocycles. The van der Waals surface area contributed by atoms with Crippen molar-refractivity contribution in [2.45, 2.75) is 25.7 Å². The molecule has 1 aliphatic rings. The average molecular weight is 259 g/mol. The third-order valence-corrected chi connectivity index (χ3v) is 3.75. The molecule has 1 aromatic heterocycles. The average Bonchev–Trinajstić information content (AvgIpc) is 2.85. The molecular weight excluding hydrogens is 238 g/mol. The van der Waals surface area contributed by atoms with Crippen LogP contribution in [0.4, 0.5) is 5.82 Å². The first kappa shape index (κ1) is 13.8. The van der Waals surface area contributed by atoms with Gasteiger partial charge in [-0.25, -0.2) is 9.97 Å². The van der Waals surface area contributed by atoms with Crippen LogP contribution in [-0.2, 0) is 0 Å². The van der Waals surface area contributed by atoms with E-state index < -0.39 is 0 Å². The molecule has 5 nitrogen and oxygen atoms in total. The zero-order valence-corrected chi connectivity index (χ0v) is 11.7. The zero-order chi connectivity index (χ0) is 13.7. The van der Waals surface area contributed by atoms with Crippen LogP contribution in [0.5, 0.6) is 0 Å². The van der Waals surface area contributed by atoms with E-state index >= 15 is 0 Å². The van der Waals surface area contributed by atoms with Crippen LogP contribution in [0.1, 0.15) is 31.4 Å². The molecule has 0 aromatic carbocycles. The van der Waals surface area contributed by atoms with Gasteiger partial charge in [-0.15, -0.1) is 0 Å². The summed E-state index contributed by atoms with van der Waals surface area (Å²) in [5, 5.41) is 12.3. The Kier molecular flexibility index (Phi) is 4.33. The summed E-state index contributed by atoms with van der Waals surface area (Å²) in [5.74, 6) is 0.607. The fourth-order valence-electron chi connectivity index (χ4n) is 3.01. The Morgan fingerprint density at radius 3 is 2.63 bits per heavy atom. The minimum atomic E-state index is 0.299. The van der Waals surface area contributed by atoms with Crippen molar-refractivity contribution in [1.29, 1.82) is 5.26 Å². The van der Waals surface area contributed by atoms with E-state index in [9.17, 15) is 0 Å². The highest BCUT2D eigenvalue weighted by Gasteiger charge is 2.34. The molecule has 5 heteroatoms. The smallest absolute Gasteiger partial charge is 0.182 e. The molecule has 0 saturated heterocycles. The molecule has 0 amide bonds. The number of nitriles is 1. The van der Waals surface area contributed by atoms with Crippen LogP contribution in [0.2, 0.25) is 0 Å². The molecule has 0 aliphatic heterocycles. The first-order valence-corrected chi connectivity index (χ1v) is 6.75. The predicted octanol–water partition coefficient (Wildman–Crippen LogP) is 1.88. The van der Waals surface area contributed by atoms with E-state index in [1.807, 2.05) is 0 Å². The first-order valence-electron chi connectivity index (χ1n) is 6.75. The lowest BCUT2D eigenvalue weighted by Crippen LogP contribution is -2.37. The van der Waals surface area contributed by atoms with Crippen LogP contribution >= 0.6 is 0 Å². The summed E-state index contributed by atoms with van der Waals surface area (Å²) in [6.07, 6.45) is 8.23. The number of anilines is 1. The van der Waals surface area contributed by atoms with Gasteiger partial charge in [0.2, 0.25) is 0 Å². The van der Waals surface area contributed by atoms with Gasteiger partial charge in [-0.05, 0) is 26.9 Å². The summed E-state index contributed by atoms with van der Waals surface area (Å²) >= 11 is 0. The normalized spacial score (nSPS) is 17.4. The Morgan fingerprint density at radius 2 is 2.00 bits per heavy atom. The van der Waals surface area contributed by atoms with Crippen LogP contribution in [0.25, 0.3) is 0 Å². The van der Waals surface area contributed by atoms with Crippen molar-refractivity contribution in [3.8, 4) is 6.07 Å². The maximum atomic E-state index is 9.02. The Bertz CT molecular complexity index is 457. The Labute approximate surface area is 114 Å². The fourth-order valence-corrected chi connectivity index (χ4v) is 3.01. The fraction of sp³-hybridized carbons (Fsp3) is 0.643. The predicted molar refractivity (Wildman–Crippen MR) is 74.7 cm³/mol. The molecule has 1 N–H and O–H groups in total. The van der Waals surface area contributed by atoms with Gasteiger partial charge in [0.05, 0.1) is 0 Å². The molecule has 0 spiro atoms. The van der Waals surface area contributed by atoms with Crippen molar-refractivity contribution < 1.29 is 0 Å². The maximum absolute atomic E-state index is 9.02. The van der Waals surface area contributed by atoms with Crippen LogP contribution in [0.3, 0.4) is 0 Å². The summed E-state index contributed by atoms with van der Waals surface area (Å²) < 4.78 is 0. The molecule has 19 heavy (non-hydrogen) atoms. The van der Waals surface area contributed by atoms with Crippen LogP contribution in [-0.4, -0.2) is 42.1 Å². The van der Waals surface area contributed by atoms with Gasteiger partial charge in [-0.2, -0.15) is 5.26 Å². The van der Waals surface area contributed by atoms with E-state index in [-0.39, 0.29) is 0 Å². The lowest BCUT2D eigenvalue weighted by atomic mass is 9.85. The van der Waals surface area contributed by atoms with Crippen LogP contribution in [0, 0.1) is 16.7 Å². The highest BCUT2D eigenvalue weighted by atomic mass is 15.1. The maximum Gasteiger partial charge on any atom is 0.182 e. The van der Waals surface area contributed by atoms with Crippen LogP contribution < -0.4 is 5.32 Å². The van der Waals surface area contributed by atoms with Gasteiger partial charge >= 0.3 is 0 Å². The number of hydrogen-bond donors (Lipinski definition) is 1. The molecule has 1 fully saturated rings. The third kappa shape index (κ3) is 3.42. The summed E-state index contributed by atoms with van der Waals surface area (Å²) in [4.78, 5) is 10.5. The number of nitrogens with one attached hydrogen (secondary N) is 1. The van der Waals surface area contributed by atoms with Gasteiger partial charge in [-0.1, -0.05) is 12.8 Å². The highest BCUT2D eigenvalue weighted by molar-refractivity contribution is 5.46. The summed E-state index contributed by atoms with van der Waals surface area (Å²) in [7, 11) is 4.23. The van der Waals surface area contributed by atoms with E-state index in [2.05, 4.69) is 40.3 Å². The van der Waals surface area contributed by atoms with Crippen molar-refractivity contribution in [3.05, 3.63) is 18.1 Å². The van der Waals surface area contributed by atoms with E-state index in [0.717, 1.165) is 13.1 Å². The van der Waals surface area contributed by atoms with Crippen LogP contribution in [0.15, 0.2) is 12.4 Å². The Morgan fingerprint density at radius 1 is 1.32 bits per heavy atom. The minimum Gasteiger partial charge on any atom is -0.367 e. The van der Waals surface area contributed by atoms with Crippen molar-refractivity contribution in [2.24, 2.45) is 5.41 Å². The zero-order valence-electron chi connectivity index (χ0n) is 11.7. The third-order valence-electron chi connectivity index (χ3n) is 3.75. The number of nitrogens with zero attached hydrogens (tertiary/aromatic N) is 4. The van der Waals surface area contributed by atoms with Gasteiger partial charge in [0.15, 0.2) is 11.5 Å². The van der Waals surface area contributed by atoms with Crippen molar-refractivity contribution in [2.75, 3.05) is 32.5 Å². The topological polar surface area (TPSA) is 64.8 Å². The summed E-state index contributed by atoms with van der Waals surface area (Å²) in [5.41, 5.74) is 0.675. The monoisotopic (exact) mass is 259 g/mol. The minimum absolute atomic E-state index is 0.299. The standard InChI is InChI=1S/C14H21N5/c1-19(2)11-14(5-3-4-6-14)10-18-13-12(9-15)16-7-8-17-13/h7-8H,3-6,10-11H2,1-2H3,(H,17,18). The van der Waals surface area contributed by atoms with Crippen molar-refractivity contribution in [1.82, 2.24) is 14.9 Å². The van der Waals surface area contributed by atoms with E-state index in [1.165, 1.54) is 25.7 Å². The molecule has 0 bridgehead atoms. The Balaban J connectivity index is 2.05. The second-order valence-electron chi connectivity index (χ2n) is 5.66. The molecule has 0 unspecified atom stereocenters. The molecule has 1 heterocycles. The number of aromatic nitrogens is 2. The van der Waals surface area contributed by atoms with Gasteiger partial charge in [0, 0.05) is 30.9 Å². The number of rotatable bonds is 5. The first-order chi connectivity index (χ1) is 9.15. The lowest BCUT2D eigenvalue weighted by molar-refractivity contribution is 0.215. The molecule has 102 valence electrons. The largest absolute Gasteiger partial charge is 0.367 e. The molecule has 1 aromatic rings. The summed E-state index contributed by atoms with van der Waals surface area (Å²) in [6, 6.07) is 2.08. The highest BCUT2D eigenvalue weighted by Crippen LogP contribution is 2.38. The second-order valence-corrected chi connectivity index (χ2v) is 5.66. The quantitative estimate of drug-likeness (QED) is 0.874. The van der Waals surface area contributed by atoms with Crippen molar-refractivity contribution >= 4 is 5.82 Å². The molecule has 0 radical (unpaired) electrons. The number of hydrogen-bond acceptors (Lipinski definition) is 5.